The molecule has 0 atom stereocenters. The number of aliphatic hydroxyl groups excluding tert-OH is 1. The maximum absolute atomic E-state index is 9.59. The van der Waals surface area contributed by atoms with Crippen molar-refractivity contribution in [2.45, 2.75) is 13.3 Å². The molecule has 4 nitrogen and oxygen atoms in total. The number of nitriles is 1. The van der Waals surface area contributed by atoms with Gasteiger partial charge in [0.2, 0.25) is 0 Å². The van der Waals surface area contributed by atoms with Gasteiger partial charge in [-0.3, -0.25) is 0 Å². The van der Waals surface area contributed by atoms with E-state index in [4.69, 9.17) is 28.5 Å². The Morgan fingerprint density at radius 3 is 2.79 bits per heavy atom. The zero-order valence-electron chi connectivity index (χ0n) is 12.8. The largest absolute Gasteiger partial charge is 0.508 e. The molecular formula is C18H13Cl2N3O. The lowest BCUT2D eigenvalue weighted by Crippen LogP contribution is -1.97. The van der Waals surface area contributed by atoms with Gasteiger partial charge in [0.1, 0.15) is 10.9 Å². The van der Waals surface area contributed by atoms with Gasteiger partial charge in [-0.1, -0.05) is 29.8 Å². The lowest BCUT2D eigenvalue weighted by Gasteiger charge is -2.09. The van der Waals surface area contributed by atoms with Gasteiger partial charge in [0.25, 0.3) is 0 Å². The third-order valence-corrected chi connectivity index (χ3v) is 4.62. The fourth-order valence-electron chi connectivity index (χ4n) is 2.69. The van der Waals surface area contributed by atoms with E-state index in [1.807, 2.05) is 19.1 Å². The summed E-state index contributed by atoms with van der Waals surface area (Å²) in [5.41, 5.74) is 4.34. The summed E-state index contributed by atoms with van der Waals surface area (Å²) in [6.07, 6.45) is 1.81. The number of pyridine rings is 1. The van der Waals surface area contributed by atoms with E-state index in [0.29, 0.717) is 28.1 Å². The summed E-state index contributed by atoms with van der Waals surface area (Å²) >= 11 is 12.5. The lowest BCUT2D eigenvalue weighted by atomic mass is 10.1. The summed E-state index contributed by atoms with van der Waals surface area (Å²) < 4.78 is 0. The molecule has 0 bridgehead atoms. The number of nitrogens with one attached hydrogen (secondary N) is 1. The van der Waals surface area contributed by atoms with E-state index in [2.05, 4.69) is 22.6 Å². The number of aliphatic hydroxyl groups is 1. The topological polar surface area (TPSA) is 72.7 Å². The van der Waals surface area contributed by atoms with Gasteiger partial charge in [0.15, 0.2) is 0 Å². The SMILES string of the molecule is C=C(O)c1cnc(Cl)c(Cc2cc3c(C)cc(C#N)cc3[nH]2)c1Cl. The van der Waals surface area contributed by atoms with Crippen molar-refractivity contribution >= 4 is 39.9 Å². The molecule has 6 heteroatoms. The van der Waals surface area contributed by atoms with Crippen LogP contribution < -0.4 is 0 Å². The highest BCUT2D eigenvalue weighted by atomic mass is 35.5. The van der Waals surface area contributed by atoms with Crippen molar-refractivity contribution in [2.24, 2.45) is 0 Å². The standard InChI is InChI=1S/C18H13Cl2N3O/c1-9-3-11(7-21)4-16-13(9)5-12(23-16)6-14-17(19)15(10(2)24)8-22-18(14)20/h3-5,8,23-24H,2,6H2,1H3. The number of rotatable bonds is 3. The van der Waals surface area contributed by atoms with E-state index >= 15 is 0 Å². The highest BCUT2D eigenvalue weighted by Crippen LogP contribution is 2.32. The van der Waals surface area contributed by atoms with E-state index < -0.39 is 0 Å². The molecular weight excluding hydrogens is 345 g/mol. The van der Waals surface area contributed by atoms with Crippen LogP contribution in [0.1, 0.15) is 27.9 Å². The molecule has 0 aliphatic carbocycles. The highest BCUT2D eigenvalue weighted by Gasteiger charge is 2.16. The molecule has 2 N–H and O–H groups in total. The second-order valence-corrected chi connectivity index (χ2v) is 6.28. The molecule has 1 aromatic carbocycles. The number of aryl methyl sites for hydroxylation is 1. The Morgan fingerprint density at radius 1 is 1.38 bits per heavy atom. The van der Waals surface area contributed by atoms with Crippen LogP contribution in [0.25, 0.3) is 16.7 Å². The number of benzene rings is 1. The summed E-state index contributed by atoms with van der Waals surface area (Å²) in [5.74, 6) is -0.156. The van der Waals surface area contributed by atoms with Crippen LogP contribution in [-0.2, 0) is 6.42 Å². The first-order valence-corrected chi connectivity index (χ1v) is 7.89. The lowest BCUT2D eigenvalue weighted by molar-refractivity contribution is 0.513. The number of halogens is 2. The molecule has 3 rings (SSSR count). The molecule has 2 aromatic heterocycles. The van der Waals surface area contributed by atoms with Crippen LogP contribution in [0.2, 0.25) is 10.2 Å². The molecule has 0 fully saturated rings. The molecule has 0 saturated carbocycles. The third-order valence-electron chi connectivity index (χ3n) is 3.87. The van der Waals surface area contributed by atoms with Crippen LogP contribution in [0.15, 0.2) is 31.0 Å². The zero-order chi connectivity index (χ0) is 17.4. The monoisotopic (exact) mass is 357 g/mol. The maximum atomic E-state index is 9.59. The van der Waals surface area contributed by atoms with Crippen molar-refractivity contribution in [3.05, 3.63) is 69.1 Å². The van der Waals surface area contributed by atoms with Crippen LogP contribution in [0.3, 0.4) is 0 Å². The molecule has 0 radical (unpaired) electrons. The van der Waals surface area contributed by atoms with Gasteiger partial charge >= 0.3 is 0 Å². The number of H-pyrrole nitrogens is 1. The smallest absolute Gasteiger partial charge is 0.134 e. The molecule has 120 valence electrons. The minimum absolute atomic E-state index is 0.156. The first-order valence-electron chi connectivity index (χ1n) is 7.14. The Kier molecular flexibility index (Phi) is 4.23. The fourth-order valence-corrected chi connectivity index (χ4v) is 3.26. The second kappa shape index (κ2) is 6.20. The van der Waals surface area contributed by atoms with Crippen molar-refractivity contribution < 1.29 is 5.11 Å². The summed E-state index contributed by atoms with van der Waals surface area (Å²) in [7, 11) is 0. The molecule has 0 amide bonds. The summed E-state index contributed by atoms with van der Waals surface area (Å²) in [5, 5.41) is 20.3. The van der Waals surface area contributed by atoms with E-state index in [9.17, 15) is 5.11 Å². The Bertz CT molecular complexity index is 1020. The van der Waals surface area contributed by atoms with E-state index in [1.165, 1.54) is 6.20 Å². The summed E-state index contributed by atoms with van der Waals surface area (Å²) in [6.45, 7) is 5.44. The van der Waals surface area contributed by atoms with Crippen molar-refractivity contribution in [1.29, 1.82) is 5.26 Å². The predicted molar refractivity (Wildman–Crippen MR) is 96.5 cm³/mol. The first kappa shape index (κ1) is 16.4. The predicted octanol–water partition coefficient (Wildman–Crippen LogP) is 5.17. The number of fused-ring (bicyclic) bond motifs is 1. The normalized spacial score (nSPS) is 10.8. The van der Waals surface area contributed by atoms with Gasteiger partial charge in [-0.25, -0.2) is 4.98 Å². The van der Waals surface area contributed by atoms with Crippen LogP contribution in [0.4, 0.5) is 0 Å². The van der Waals surface area contributed by atoms with Gasteiger partial charge in [-0.15, -0.1) is 0 Å². The van der Waals surface area contributed by atoms with Crippen molar-refractivity contribution in [1.82, 2.24) is 9.97 Å². The molecule has 2 heterocycles. The van der Waals surface area contributed by atoms with Gasteiger partial charge in [-0.2, -0.15) is 5.26 Å². The molecule has 3 aromatic rings. The van der Waals surface area contributed by atoms with Crippen LogP contribution >= 0.6 is 23.2 Å². The van der Waals surface area contributed by atoms with Crippen molar-refractivity contribution in [3.63, 3.8) is 0 Å². The minimum atomic E-state index is -0.156. The molecule has 0 aliphatic heterocycles. The highest BCUT2D eigenvalue weighted by molar-refractivity contribution is 6.36. The van der Waals surface area contributed by atoms with Crippen molar-refractivity contribution in [3.8, 4) is 6.07 Å². The average molecular weight is 358 g/mol. The Morgan fingerprint density at radius 2 is 2.12 bits per heavy atom. The number of aromatic amines is 1. The number of hydrogen-bond acceptors (Lipinski definition) is 3. The maximum Gasteiger partial charge on any atom is 0.134 e. The van der Waals surface area contributed by atoms with E-state index in [-0.39, 0.29) is 10.9 Å². The molecule has 0 unspecified atom stereocenters. The van der Waals surface area contributed by atoms with Crippen LogP contribution in [0.5, 0.6) is 0 Å². The average Bonchev–Trinajstić information content (AvgIpc) is 2.94. The first-order chi connectivity index (χ1) is 11.4. The summed E-state index contributed by atoms with van der Waals surface area (Å²) in [4.78, 5) is 7.34. The third kappa shape index (κ3) is 2.84. The number of aromatic nitrogens is 2. The molecule has 0 spiro atoms. The van der Waals surface area contributed by atoms with Gasteiger partial charge in [-0.05, 0) is 30.7 Å². The zero-order valence-corrected chi connectivity index (χ0v) is 14.3. The quantitative estimate of drug-likeness (QED) is 0.501. The van der Waals surface area contributed by atoms with E-state index in [1.54, 1.807) is 6.07 Å². The fraction of sp³-hybridized carbons (Fsp3) is 0.111. The van der Waals surface area contributed by atoms with E-state index in [0.717, 1.165) is 22.2 Å². The Labute approximate surface area is 149 Å². The Hall–Kier alpha value is -2.48. The van der Waals surface area contributed by atoms with Gasteiger partial charge in [0, 0.05) is 34.8 Å². The number of hydrogen-bond donors (Lipinski definition) is 2. The van der Waals surface area contributed by atoms with Gasteiger partial charge < -0.3 is 10.1 Å². The molecule has 24 heavy (non-hydrogen) atoms. The number of nitrogens with zero attached hydrogens (tertiary/aromatic N) is 2. The second-order valence-electron chi connectivity index (χ2n) is 5.54. The molecule has 0 aliphatic rings. The van der Waals surface area contributed by atoms with Crippen molar-refractivity contribution in [2.75, 3.05) is 0 Å². The van der Waals surface area contributed by atoms with Crippen LogP contribution in [-0.4, -0.2) is 15.1 Å². The molecule has 0 saturated heterocycles. The van der Waals surface area contributed by atoms with Gasteiger partial charge in [0.05, 0.1) is 22.2 Å². The van der Waals surface area contributed by atoms with Crippen LogP contribution in [0, 0.1) is 18.3 Å². The minimum Gasteiger partial charge on any atom is -0.508 e. The summed E-state index contributed by atoms with van der Waals surface area (Å²) in [6, 6.07) is 7.80. The Balaban J connectivity index is 2.08.